The summed E-state index contributed by atoms with van der Waals surface area (Å²) in [5.41, 5.74) is 1.88. The van der Waals surface area contributed by atoms with E-state index in [1.54, 1.807) is 12.1 Å². The number of aliphatic hydroxyl groups excluding tert-OH is 1. The average Bonchev–Trinajstić information content (AvgIpc) is 3.09. The van der Waals surface area contributed by atoms with Crippen LogP contribution in [0.5, 0.6) is 0 Å². The number of β-amino-alcohol motifs (C(OH)–C–C–N with tert-alkyl or cyclic N) is 1. The zero-order chi connectivity index (χ0) is 21.4. The van der Waals surface area contributed by atoms with Crippen LogP contribution >= 0.6 is 0 Å². The van der Waals surface area contributed by atoms with Crippen LogP contribution < -0.4 is 5.32 Å². The lowest BCUT2D eigenvalue weighted by Crippen LogP contribution is -2.41. The standard InChI is InChI=1S/C23H37N3O3/c1-5-9-25(10-6-2)23(29)20-13-17(3)12-19(14-20)22(28)24-15-21(27)16-26-11-7-8-18(26)4/h12-14,18,21,27H,5-11,15-16H2,1-4H3,(H,24,28). The highest BCUT2D eigenvalue weighted by Crippen LogP contribution is 2.16. The second-order valence-corrected chi connectivity index (χ2v) is 8.23. The van der Waals surface area contributed by atoms with Gasteiger partial charge < -0.3 is 15.3 Å². The molecule has 1 aliphatic rings. The van der Waals surface area contributed by atoms with Crippen LogP contribution in [0, 0.1) is 6.92 Å². The van der Waals surface area contributed by atoms with Gasteiger partial charge in [-0.2, -0.15) is 0 Å². The number of carbonyl (C=O) groups is 2. The molecule has 0 aromatic heterocycles. The molecule has 6 heteroatoms. The van der Waals surface area contributed by atoms with E-state index >= 15 is 0 Å². The fraction of sp³-hybridized carbons (Fsp3) is 0.652. The van der Waals surface area contributed by atoms with Crippen molar-refractivity contribution in [1.82, 2.24) is 15.1 Å². The largest absolute Gasteiger partial charge is 0.390 e. The third-order valence-electron chi connectivity index (χ3n) is 5.49. The number of nitrogens with one attached hydrogen (secondary N) is 1. The fourth-order valence-electron chi connectivity index (χ4n) is 3.99. The Bertz CT molecular complexity index is 686. The van der Waals surface area contributed by atoms with E-state index in [1.165, 1.54) is 0 Å². The van der Waals surface area contributed by atoms with E-state index in [1.807, 2.05) is 17.9 Å². The summed E-state index contributed by atoms with van der Waals surface area (Å²) in [6, 6.07) is 5.77. The minimum atomic E-state index is -0.602. The number of rotatable bonds is 10. The van der Waals surface area contributed by atoms with Crippen molar-refractivity contribution in [3.05, 3.63) is 34.9 Å². The maximum Gasteiger partial charge on any atom is 0.253 e. The SMILES string of the molecule is CCCN(CCC)C(=O)c1cc(C)cc(C(=O)NCC(O)CN2CCCC2C)c1. The van der Waals surface area contributed by atoms with Crippen molar-refractivity contribution in [2.75, 3.05) is 32.7 Å². The zero-order valence-electron chi connectivity index (χ0n) is 18.4. The fourth-order valence-corrected chi connectivity index (χ4v) is 3.99. The summed E-state index contributed by atoms with van der Waals surface area (Å²) >= 11 is 0. The van der Waals surface area contributed by atoms with Crippen molar-refractivity contribution in [3.63, 3.8) is 0 Å². The zero-order valence-corrected chi connectivity index (χ0v) is 18.4. The smallest absolute Gasteiger partial charge is 0.253 e. The minimum absolute atomic E-state index is 0.0329. The molecule has 1 aromatic rings. The number of aryl methyl sites for hydroxylation is 1. The molecule has 2 unspecified atom stereocenters. The van der Waals surface area contributed by atoms with E-state index in [-0.39, 0.29) is 18.4 Å². The Balaban J connectivity index is 2.00. The van der Waals surface area contributed by atoms with Crippen LogP contribution in [-0.2, 0) is 0 Å². The first-order valence-electron chi connectivity index (χ1n) is 11.0. The molecular weight excluding hydrogens is 366 g/mol. The lowest BCUT2D eigenvalue weighted by Gasteiger charge is -2.24. The van der Waals surface area contributed by atoms with Gasteiger partial charge in [0.2, 0.25) is 0 Å². The van der Waals surface area contributed by atoms with Gasteiger partial charge in [-0.15, -0.1) is 0 Å². The highest BCUT2D eigenvalue weighted by atomic mass is 16.3. The highest BCUT2D eigenvalue weighted by Gasteiger charge is 2.23. The molecule has 0 radical (unpaired) electrons. The molecule has 1 saturated heterocycles. The molecule has 0 saturated carbocycles. The van der Waals surface area contributed by atoms with Gasteiger partial charge >= 0.3 is 0 Å². The molecule has 6 nitrogen and oxygen atoms in total. The van der Waals surface area contributed by atoms with Crippen molar-refractivity contribution in [3.8, 4) is 0 Å². The summed E-state index contributed by atoms with van der Waals surface area (Å²) in [6.07, 6.45) is 3.52. The van der Waals surface area contributed by atoms with Crippen LogP contribution in [0.3, 0.4) is 0 Å². The Morgan fingerprint density at radius 1 is 1.21 bits per heavy atom. The van der Waals surface area contributed by atoms with Crippen molar-refractivity contribution >= 4 is 11.8 Å². The topological polar surface area (TPSA) is 72.9 Å². The van der Waals surface area contributed by atoms with Gasteiger partial charge in [0.1, 0.15) is 0 Å². The average molecular weight is 404 g/mol. The Hall–Kier alpha value is -1.92. The van der Waals surface area contributed by atoms with Crippen LogP contribution in [0.15, 0.2) is 18.2 Å². The number of nitrogens with zero attached hydrogens (tertiary/aromatic N) is 2. The van der Waals surface area contributed by atoms with Gasteiger partial charge in [0.05, 0.1) is 6.10 Å². The first-order valence-corrected chi connectivity index (χ1v) is 11.0. The van der Waals surface area contributed by atoms with E-state index in [4.69, 9.17) is 0 Å². The summed E-state index contributed by atoms with van der Waals surface area (Å²) in [7, 11) is 0. The number of aliphatic hydroxyl groups is 1. The van der Waals surface area contributed by atoms with Gasteiger partial charge in [-0.3, -0.25) is 14.5 Å². The molecule has 1 aliphatic heterocycles. The van der Waals surface area contributed by atoms with E-state index in [2.05, 4.69) is 31.0 Å². The summed E-state index contributed by atoms with van der Waals surface area (Å²) in [4.78, 5) is 29.6. The molecule has 29 heavy (non-hydrogen) atoms. The first-order chi connectivity index (χ1) is 13.8. The van der Waals surface area contributed by atoms with E-state index in [0.29, 0.717) is 36.8 Å². The Morgan fingerprint density at radius 3 is 2.45 bits per heavy atom. The maximum atomic E-state index is 12.9. The molecule has 0 spiro atoms. The van der Waals surface area contributed by atoms with Crippen LogP contribution in [0.4, 0.5) is 0 Å². The van der Waals surface area contributed by atoms with E-state index in [0.717, 1.165) is 37.8 Å². The maximum absolute atomic E-state index is 12.9. The summed E-state index contributed by atoms with van der Waals surface area (Å²) in [5, 5.41) is 13.1. The lowest BCUT2D eigenvalue weighted by molar-refractivity contribution is 0.0755. The number of likely N-dealkylation sites (tertiary alicyclic amines) is 1. The molecule has 0 bridgehead atoms. The predicted molar refractivity (Wildman–Crippen MR) is 116 cm³/mol. The molecular formula is C23H37N3O3. The molecule has 1 aromatic carbocycles. The molecule has 1 fully saturated rings. The second-order valence-electron chi connectivity index (χ2n) is 8.23. The highest BCUT2D eigenvalue weighted by molar-refractivity contribution is 6.00. The van der Waals surface area contributed by atoms with Gasteiger partial charge in [-0.1, -0.05) is 13.8 Å². The second kappa shape index (κ2) is 11.3. The number of hydrogen-bond donors (Lipinski definition) is 2. The lowest BCUT2D eigenvalue weighted by atomic mass is 10.0. The summed E-state index contributed by atoms with van der Waals surface area (Å²) < 4.78 is 0. The molecule has 2 N–H and O–H groups in total. The third-order valence-corrected chi connectivity index (χ3v) is 5.49. The van der Waals surface area contributed by atoms with Crippen LogP contribution in [0.1, 0.15) is 72.7 Å². The van der Waals surface area contributed by atoms with Crippen LogP contribution in [-0.4, -0.2) is 71.6 Å². The molecule has 1 heterocycles. The van der Waals surface area contributed by atoms with Crippen molar-refractivity contribution in [2.45, 2.75) is 65.5 Å². The number of hydrogen-bond acceptors (Lipinski definition) is 4. The summed E-state index contributed by atoms with van der Waals surface area (Å²) in [6.45, 7) is 11.4. The van der Waals surface area contributed by atoms with Gasteiger partial charge in [-0.05, 0) is 69.8 Å². The molecule has 162 valence electrons. The minimum Gasteiger partial charge on any atom is -0.390 e. The van der Waals surface area contributed by atoms with E-state index < -0.39 is 6.10 Å². The number of benzene rings is 1. The van der Waals surface area contributed by atoms with Gasteiger partial charge in [0.25, 0.3) is 11.8 Å². The van der Waals surface area contributed by atoms with Gasteiger partial charge in [-0.25, -0.2) is 0 Å². The summed E-state index contributed by atoms with van der Waals surface area (Å²) in [5.74, 6) is -0.289. The van der Waals surface area contributed by atoms with Crippen LogP contribution in [0.25, 0.3) is 0 Å². The normalized spacial score (nSPS) is 17.9. The van der Waals surface area contributed by atoms with Crippen LogP contribution in [0.2, 0.25) is 0 Å². The number of amides is 2. The monoisotopic (exact) mass is 403 g/mol. The molecule has 0 aliphatic carbocycles. The molecule has 2 atom stereocenters. The van der Waals surface area contributed by atoms with E-state index in [9.17, 15) is 14.7 Å². The quantitative estimate of drug-likeness (QED) is 0.630. The van der Waals surface area contributed by atoms with Crippen molar-refractivity contribution in [1.29, 1.82) is 0 Å². The number of carbonyl (C=O) groups excluding carboxylic acids is 2. The predicted octanol–water partition coefficient (Wildman–Crippen LogP) is 2.83. The van der Waals surface area contributed by atoms with Crippen molar-refractivity contribution in [2.24, 2.45) is 0 Å². The Labute approximate surface area is 175 Å². The van der Waals surface area contributed by atoms with Gasteiger partial charge in [0.15, 0.2) is 0 Å². The van der Waals surface area contributed by atoms with Gasteiger partial charge in [0, 0.05) is 43.3 Å². The third kappa shape index (κ3) is 6.82. The first kappa shape index (κ1) is 23.4. The van der Waals surface area contributed by atoms with Crippen molar-refractivity contribution < 1.29 is 14.7 Å². The molecule has 2 amide bonds. The molecule has 2 rings (SSSR count). The Kier molecular flexibility index (Phi) is 9.11. The Morgan fingerprint density at radius 2 is 1.86 bits per heavy atom.